The summed E-state index contributed by atoms with van der Waals surface area (Å²) in [5.41, 5.74) is 0.181. The zero-order chi connectivity index (χ0) is 20.3. The lowest BCUT2D eigenvalue weighted by molar-refractivity contribution is -0.157. The summed E-state index contributed by atoms with van der Waals surface area (Å²) in [4.78, 5) is 26.8. The molecule has 2 aromatic carbocycles. The molecule has 1 fully saturated rings. The Balaban J connectivity index is 1.46. The number of hydrogen-bond acceptors (Lipinski definition) is 5. The van der Waals surface area contributed by atoms with E-state index in [4.69, 9.17) is 14.2 Å². The second-order valence-electron chi connectivity index (χ2n) is 7.55. The van der Waals surface area contributed by atoms with E-state index in [0.717, 1.165) is 5.56 Å². The number of hydrogen-bond donors (Lipinski definition) is 0. The van der Waals surface area contributed by atoms with Crippen LogP contribution in [0.1, 0.15) is 25.3 Å². The lowest BCUT2D eigenvalue weighted by Crippen LogP contribution is -2.50. The van der Waals surface area contributed by atoms with Crippen LogP contribution in [-0.4, -0.2) is 49.2 Å². The van der Waals surface area contributed by atoms with Crippen LogP contribution in [0.3, 0.4) is 0 Å². The highest BCUT2D eigenvalue weighted by atomic mass is 16.6. The van der Waals surface area contributed by atoms with Crippen LogP contribution < -0.4 is 9.47 Å². The topological polar surface area (TPSA) is 65.1 Å². The first-order valence-corrected chi connectivity index (χ1v) is 9.95. The van der Waals surface area contributed by atoms with Gasteiger partial charge in [-0.15, -0.1) is 0 Å². The van der Waals surface area contributed by atoms with Crippen molar-refractivity contribution in [2.75, 3.05) is 26.3 Å². The van der Waals surface area contributed by atoms with Crippen molar-refractivity contribution in [3.8, 4) is 11.5 Å². The van der Waals surface area contributed by atoms with Crippen LogP contribution in [-0.2, 0) is 19.7 Å². The Labute approximate surface area is 170 Å². The summed E-state index contributed by atoms with van der Waals surface area (Å²) in [5, 5.41) is 0. The molecule has 0 aliphatic carbocycles. The molecule has 2 aliphatic rings. The van der Waals surface area contributed by atoms with E-state index >= 15 is 0 Å². The molecule has 0 N–H and O–H groups in total. The van der Waals surface area contributed by atoms with Crippen LogP contribution in [0, 0.1) is 0 Å². The number of likely N-dealkylation sites (tertiary alicyclic amines) is 1. The third kappa shape index (κ3) is 3.92. The number of fused-ring (bicyclic) bond motifs is 1. The lowest BCUT2D eigenvalue weighted by Gasteiger charge is -2.40. The summed E-state index contributed by atoms with van der Waals surface area (Å²) in [6.07, 6.45) is 0.736. The van der Waals surface area contributed by atoms with Crippen molar-refractivity contribution in [2.24, 2.45) is 0 Å². The molecule has 2 heterocycles. The average molecular weight is 395 g/mol. The fourth-order valence-electron chi connectivity index (χ4n) is 4.02. The minimum atomic E-state index is -0.749. The number of benzene rings is 2. The molecule has 2 aromatic rings. The molecular formula is C23H25NO5. The summed E-state index contributed by atoms with van der Waals surface area (Å²) >= 11 is 0. The van der Waals surface area contributed by atoms with Crippen molar-refractivity contribution in [1.29, 1.82) is 0 Å². The summed E-state index contributed by atoms with van der Waals surface area (Å²) in [6.45, 7) is 3.09. The van der Waals surface area contributed by atoms with Gasteiger partial charge in [-0.1, -0.05) is 42.5 Å². The zero-order valence-electron chi connectivity index (χ0n) is 16.5. The minimum absolute atomic E-state index is 0.0337. The van der Waals surface area contributed by atoms with Gasteiger partial charge in [-0.2, -0.15) is 0 Å². The highest BCUT2D eigenvalue weighted by Gasteiger charge is 2.45. The summed E-state index contributed by atoms with van der Waals surface area (Å²) < 4.78 is 17.3. The molecule has 0 saturated carbocycles. The van der Waals surface area contributed by atoms with Gasteiger partial charge in [-0.3, -0.25) is 9.59 Å². The molecule has 2 aliphatic heterocycles. The predicted molar refractivity (Wildman–Crippen MR) is 107 cm³/mol. The Bertz CT molecular complexity index is 874. The first-order chi connectivity index (χ1) is 14.1. The number of para-hydroxylation sites is 2. The van der Waals surface area contributed by atoms with Crippen molar-refractivity contribution in [3.63, 3.8) is 0 Å². The summed E-state index contributed by atoms with van der Waals surface area (Å²) in [5.74, 6) is 1.13. The fourth-order valence-corrected chi connectivity index (χ4v) is 4.02. The number of esters is 1. The quantitative estimate of drug-likeness (QED) is 0.745. The first-order valence-electron chi connectivity index (χ1n) is 9.95. The maximum absolute atomic E-state index is 13.3. The van der Waals surface area contributed by atoms with Crippen LogP contribution in [0.4, 0.5) is 0 Å². The number of rotatable bonds is 4. The standard InChI is InChI=1S/C23H25NO5/c1-17(25)24-13-11-23(12-14-24,18-7-3-2-4-8-18)22(26)28-16-19-15-27-20-9-5-6-10-21(20)29-19/h2-10,19H,11-16H2,1H3. The Hall–Kier alpha value is -3.02. The Morgan fingerprint density at radius 3 is 2.38 bits per heavy atom. The van der Waals surface area contributed by atoms with E-state index in [0.29, 0.717) is 44.0 Å². The van der Waals surface area contributed by atoms with Crippen LogP contribution in [0.5, 0.6) is 11.5 Å². The largest absolute Gasteiger partial charge is 0.486 e. The molecule has 152 valence electrons. The molecule has 6 nitrogen and oxygen atoms in total. The van der Waals surface area contributed by atoms with Gasteiger partial charge in [0.05, 0.1) is 5.41 Å². The predicted octanol–water partition coefficient (Wildman–Crippen LogP) is 2.95. The van der Waals surface area contributed by atoms with Gasteiger partial charge in [-0.05, 0) is 30.5 Å². The molecule has 0 aromatic heterocycles. The number of carbonyl (C=O) groups is 2. The van der Waals surface area contributed by atoms with Gasteiger partial charge in [-0.25, -0.2) is 0 Å². The second-order valence-corrected chi connectivity index (χ2v) is 7.55. The van der Waals surface area contributed by atoms with E-state index in [-0.39, 0.29) is 24.6 Å². The Morgan fingerprint density at radius 1 is 1.03 bits per heavy atom. The van der Waals surface area contributed by atoms with Crippen LogP contribution >= 0.6 is 0 Å². The first kappa shape index (κ1) is 19.3. The molecule has 1 unspecified atom stereocenters. The van der Waals surface area contributed by atoms with Crippen molar-refractivity contribution >= 4 is 11.9 Å². The van der Waals surface area contributed by atoms with Gasteiger partial charge in [0.1, 0.15) is 13.2 Å². The molecule has 1 amide bonds. The van der Waals surface area contributed by atoms with Crippen LogP contribution in [0.25, 0.3) is 0 Å². The van der Waals surface area contributed by atoms with E-state index in [1.54, 1.807) is 11.8 Å². The lowest BCUT2D eigenvalue weighted by atomic mass is 9.72. The second kappa shape index (κ2) is 8.15. The number of amides is 1. The average Bonchev–Trinajstić information content (AvgIpc) is 2.78. The maximum atomic E-state index is 13.3. The highest BCUT2D eigenvalue weighted by Crippen LogP contribution is 2.37. The minimum Gasteiger partial charge on any atom is -0.486 e. The molecule has 1 atom stereocenters. The Kier molecular flexibility index (Phi) is 5.43. The van der Waals surface area contributed by atoms with E-state index in [9.17, 15) is 9.59 Å². The van der Waals surface area contributed by atoms with Crippen molar-refractivity contribution in [2.45, 2.75) is 31.3 Å². The van der Waals surface area contributed by atoms with E-state index < -0.39 is 5.41 Å². The fraction of sp³-hybridized carbons (Fsp3) is 0.391. The van der Waals surface area contributed by atoms with Crippen LogP contribution in [0.15, 0.2) is 54.6 Å². The molecule has 0 spiro atoms. The van der Waals surface area contributed by atoms with Gasteiger partial charge >= 0.3 is 5.97 Å². The maximum Gasteiger partial charge on any atom is 0.316 e. The van der Waals surface area contributed by atoms with Gasteiger partial charge < -0.3 is 19.1 Å². The SMILES string of the molecule is CC(=O)N1CCC(C(=O)OCC2COc3ccccc3O2)(c2ccccc2)CC1. The smallest absolute Gasteiger partial charge is 0.316 e. The summed E-state index contributed by atoms with van der Waals surface area (Å²) in [7, 11) is 0. The van der Waals surface area contributed by atoms with Gasteiger partial charge in [0, 0.05) is 20.0 Å². The number of ether oxygens (including phenoxy) is 3. The molecular weight excluding hydrogens is 370 g/mol. The van der Waals surface area contributed by atoms with Crippen molar-refractivity contribution < 1.29 is 23.8 Å². The van der Waals surface area contributed by atoms with Crippen LogP contribution in [0.2, 0.25) is 0 Å². The van der Waals surface area contributed by atoms with Gasteiger partial charge in [0.2, 0.25) is 5.91 Å². The number of piperidine rings is 1. The van der Waals surface area contributed by atoms with E-state index in [1.807, 2.05) is 54.6 Å². The molecule has 0 radical (unpaired) electrons. The molecule has 4 rings (SSSR count). The van der Waals surface area contributed by atoms with Crippen molar-refractivity contribution in [3.05, 3.63) is 60.2 Å². The van der Waals surface area contributed by atoms with E-state index in [2.05, 4.69) is 0 Å². The van der Waals surface area contributed by atoms with Gasteiger partial charge in [0.25, 0.3) is 0 Å². The third-order valence-electron chi connectivity index (χ3n) is 5.75. The molecule has 1 saturated heterocycles. The molecule has 0 bridgehead atoms. The Morgan fingerprint density at radius 2 is 1.69 bits per heavy atom. The van der Waals surface area contributed by atoms with Crippen molar-refractivity contribution in [1.82, 2.24) is 4.90 Å². The number of carbonyl (C=O) groups excluding carboxylic acids is 2. The molecule has 6 heteroatoms. The van der Waals surface area contributed by atoms with E-state index in [1.165, 1.54) is 0 Å². The summed E-state index contributed by atoms with van der Waals surface area (Å²) in [6, 6.07) is 17.2. The number of nitrogens with zero attached hydrogens (tertiary/aromatic N) is 1. The highest BCUT2D eigenvalue weighted by molar-refractivity contribution is 5.84. The third-order valence-corrected chi connectivity index (χ3v) is 5.75. The monoisotopic (exact) mass is 395 g/mol. The molecule has 29 heavy (non-hydrogen) atoms. The normalized spacial score (nSPS) is 20.0. The zero-order valence-corrected chi connectivity index (χ0v) is 16.5. The van der Waals surface area contributed by atoms with Gasteiger partial charge in [0.15, 0.2) is 17.6 Å².